The quantitative estimate of drug-likeness (QED) is 0.873. The summed E-state index contributed by atoms with van der Waals surface area (Å²) in [5.41, 5.74) is 1.94. The van der Waals surface area contributed by atoms with Crippen molar-refractivity contribution < 1.29 is 9.53 Å². The third-order valence-electron chi connectivity index (χ3n) is 2.91. The molecule has 0 spiro atoms. The zero-order chi connectivity index (χ0) is 12.4. The minimum atomic E-state index is -0.400. The van der Waals surface area contributed by atoms with Gasteiger partial charge in [-0.05, 0) is 11.1 Å². The lowest BCUT2D eigenvalue weighted by atomic mass is 9.97. The van der Waals surface area contributed by atoms with Gasteiger partial charge < -0.3 is 10.1 Å². The van der Waals surface area contributed by atoms with Gasteiger partial charge in [-0.2, -0.15) is 0 Å². The number of carbonyl (C=O) groups is 1. The van der Waals surface area contributed by atoms with Crippen LogP contribution in [0.2, 0.25) is 0 Å². The summed E-state index contributed by atoms with van der Waals surface area (Å²) in [5, 5.41) is 2.77. The lowest BCUT2D eigenvalue weighted by molar-refractivity contribution is 0.142. The molecule has 1 heterocycles. The van der Waals surface area contributed by atoms with Crippen molar-refractivity contribution in [2.24, 2.45) is 0 Å². The highest BCUT2D eigenvalue weighted by molar-refractivity contribution is 5.74. The largest absolute Gasteiger partial charge is 0.438 e. The highest BCUT2D eigenvalue weighted by Gasteiger charge is 2.37. The van der Waals surface area contributed by atoms with Gasteiger partial charge in [0.05, 0.1) is 0 Å². The van der Waals surface area contributed by atoms with E-state index in [1.54, 1.807) is 0 Å². The first-order chi connectivity index (χ1) is 8.84. The number of amides is 1. The lowest BCUT2D eigenvalue weighted by Gasteiger charge is -2.16. The van der Waals surface area contributed by atoms with Gasteiger partial charge >= 0.3 is 6.09 Å². The van der Waals surface area contributed by atoms with Gasteiger partial charge in [0.15, 0.2) is 6.10 Å². The molecule has 0 aliphatic carbocycles. The van der Waals surface area contributed by atoms with Crippen LogP contribution in [-0.2, 0) is 4.74 Å². The molecule has 1 N–H and O–H groups in total. The zero-order valence-corrected chi connectivity index (χ0v) is 9.67. The molecule has 1 unspecified atom stereocenters. The van der Waals surface area contributed by atoms with E-state index < -0.39 is 6.09 Å². The highest BCUT2D eigenvalue weighted by atomic mass is 16.6. The molecule has 3 nitrogen and oxygen atoms in total. The molecule has 1 atom stereocenters. The molecule has 0 bridgehead atoms. The van der Waals surface area contributed by atoms with Crippen molar-refractivity contribution in [3.63, 3.8) is 0 Å². The van der Waals surface area contributed by atoms with Gasteiger partial charge in [0.1, 0.15) is 6.04 Å². The fraction of sp³-hybridized carbons (Fsp3) is 0.0667. The lowest BCUT2D eigenvalue weighted by Crippen LogP contribution is -2.20. The van der Waals surface area contributed by atoms with Gasteiger partial charge in [0, 0.05) is 0 Å². The standard InChI is InChI=1S/C15H12NO2/c17-15-16-13(11-7-3-1-4-8-11)14(18-15)12-9-5-2-6-10-12/h1-10,14H,(H,16,17). The average Bonchev–Trinajstić information content (AvgIpc) is 2.83. The van der Waals surface area contributed by atoms with Crippen molar-refractivity contribution in [3.8, 4) is 0 Å². The third kappa shape index (κ3) is 1.95. The predicted octanol–water partition coefficient (Wildman–Crippen LogP) is 3.05. The molecule has 2 aromatic carbocycles. The Balaban J connectivity index is 1.96. The Morgan fingerprint density at radius 1 is 0.889 bits per heavy atom. The minimum Gasteiger partial charge on any atom is -0.438 e. The Labute approximate surface area is 105 Å². The molecule has 1 amide bonds. The monoisotopic (exact) mass is 238 g/mol. The van der Waals surface area contributed by atoms with Crippen molar-refractivity contribution in [1.82, 2.24) is 5.32 Å². The molecule has 1 saturated heterocycles. The van der Waals surface area contributed by atoms with Crippen LogP contribution in [-0.4, -0.2) is 6.09 Å². The second-order valence-corrected chi connectivity index (χ2v) is 4.10. The van der Waals surface area contributed by atoms with Crippen LogP contribution >= 0.6 is 0 Å². The first kappa shape index (κ1) is 10.8. The van der Waals surface area contributed by atoms with Crippen LogP contribution in [0.4, 0.5) is 4.79 Å². The second-order valence-electron chi connectivity index (χ2n) is 4.10. The first-order valence-electron chi connectivity index (χ1n) is 5.79. The number of carbonyl (C=O) groups excluding carboxylic acids is 1. The van der Waals surface area contributed by atoms with Gasteiger partial charge in [-0.15, -0.1) is 0 Å². The van der Waals surface area contributed by atoms with Crippen molar-refractivity contribution in [2.45, 2.75) is 6.10 Å². The summed E-state index contributed by atoms with van der Waals surface area (Å²) >= 11 is 0. The van der Waals surface area contributed by atoms with Crippen LogP contribution in [0.15, 0.2) is 60.7 Å². The summed E-state index contributed by atoms with van der Waals surface area (Å²) in [5.74, 6) is 0. The van der Waals surface area contributed by atoms with Crippen LogP contribution in [0.25, 0.3) is 0 Å². The van der Waals surface area contributed by atoms with Crippen molar-refractivity contribution >= 4 is 6.09 Å². The van der Waals surface area contributed by atoms with E-state index in [0.717, 1.165) is 17.2 Å². The molecule has 18 heavy (non-hydrogen) atoms. The maximum atomic E-state index is 11.5. The summed E-state index contributed by atoms with van der Waals surface area (Å²) in [6.07, 6.45) is -0.746. The van der Waals surface area contributed by atoms with E-state index in [1.807, 2.05) is 60.7 Å². The maximum absolute atomic E-state index is 11.5. The zero-order valence-electron chi connectivity index (χ0n) is 9.67. The minimum absolute atomic E-state index is 0.346. The number of ether oxygens (including phenoxy) is 1. The topological polar surface area (TPSA) is 38.3 Å². The van der Waals surface area contributed by atoms with E-state index in [9.17, 15) is 4.79 Å². The van der Waals surface area contributed by atoms with Gasteiger partial charge in [-0.3, -0.25) is 0 Å². The molecule has 3 rings (SSSR count). The SMILES string of the molecule is O=C1N[C](c2ccccc2)C(c2ccccc2)O1. The van der Waals surface area contributed by atoms with Crippen molar-refractivity contribution in [1.29, 1.82) is 0 Å². The Bertz CT molecular complexity index is 489. The van der Waals surface area contributed by atoms with Crippen LogP contribution in [0, 0.1) is 6.04 Å². The number of hydrogen-bond donors (Lipinski definition) is 1. The fourth-order valence-electron chi connectivity index (χ4n) is 2.07. The molecule has 2 aromatic rings. The summed E-state index contributed by atoms with van der Waals surface area (Å²) < 4.78 is 5.33. The number of benzene rings is 2. The third-order valence-corrected chi connectivity index (χ3v) is 2.91. The molecule has 3 heteroatoms. The van der Waals surface area contributed by atoms with E-state index >= 15 is 0 Å². The Kier molecular flexibility index (Phi) is 2.73. The average molecular weight is 238 g/mol. The van der Waals surface area contributed by atoms with E-state index in [0.29, 0.717) is 0 Å². The van der Waals surface area contributed by atoms with E-state index in [1.165, 1.54) is 0 Å². The Morgan fingerprint density at radius 3 is 2.17 bits per heavy atom. The molecular weight excluding hydrogens is 226 g/mol. The number of hydrogen-bond acceptors (Lipinski definition) is 2. The summed E-state index contributed by atoms with van der Waals surface area (Å²) in [7, 11) is 0. The molecule has 0 saturated carbocycles. The van der Waals surface area contributed by atoms with Gasteiger partial charge in [0.2, 0.25) is 0 Å². The van der Waals surface area contributed by atoms with E-state index in [4.69, 9.17) is 4.74 Å². The summed E-state index contributed by atoms with van der Waals surface area (Å²) in [6, 6.07) is 20.3. The second kappa shape index (κ2) is 4.53. The summed E-state index contributed by atoms with van der Waals surface area (Å²) in [6.45, 7) is 0. The van der Waals surface area contributed by atoms with Crippen LogP contribution < -0.4 is 5.32 Å². The number of nitrogens with one attached hydrogen (secondary N) is 1. The van der Waals surface area contributed by atoms with Crippen molar-refractivity contribution in [2.75, 3.05) is 0 Å². The number of rotatable bonds is 2. The fourth-order valence-corrected chi connectivity index (χ4v) is 2.07. The molecule has 1 radical (unpaired) electrons. The molecule has 89 valence electrons. The van der Waals surface area contributed by atoms with Gasteiger partial charge in [-0.25, -0.2) is 4.79 Å². The summed E-state index contributed by atoms with van der Waals surface area (Å²) in [4.78, 5) is 11.5. The van der Waals surface area contributed by atoms with Crippen LogP contribution in [0.1, 0.15) is 17.2 Å². The maximum Gasteiger partial charge on any atom is 0.408 e. The predicted molar refractivity (Wildman–Crippen MR) is 67.6 cm³/mol. The smallest absolute Gasteiger partial charge is 0.408 e. The highest BCUT2D eigenvalue weighted by Crippen LogP contribution is 2.35. The number of alkyl carbamates (subject to hydrolysis) is 1. The van der Waals surface area contributed by atoms with Crippen LogP contribution in [0.5, 0.6) is 0 Å². The number of cyclic esters (lactones) is 1. The molecular formula is C15H12NO2. The molecule has 0 aromatic heterocycles. The Hall–Kier alpha value is -2.29. The normalized spacial score (nSPS) is 19.3. The first-order valence-corrected chi connectivity index (χ1v) is 5.79. The molecule has 1 aliphatic heterocycles. The van der Waals surface area contributed by atoms with Gasteiger partial charge in [-0.1, -0.05) is 60.7 Å². The molecule has 1 fully saturated rings. The van der Waals surface area contributed by atoms with E-state index in [-0.39, 0.29) is 6.10 Å². The molecule has 1 aliphatic rings. The van der Waals surface area contributed by atoms with Crippen LogP contribution in [0.3, 0.4) is 0 Å². The van der Waals surface area contributed by atoms with E-state index in [2.05, 4.69) is 5.32 Å². The van der Waals surface area contributed by atoms with Crippen molar-refractivity contribution in [3.05, 3.63) is 77.8 Å². The Morgan fingerprint density at radius 2 is 1.50 bits per heavy atom. The van der Waals surface area contributed by atoms with Gasteiger partial charge in [0.25, 0.3) is 0 Å².